The number of rotatable bonds is 5. The van der Waals surface area contributed by atoms with Crippen molar-refractivity contribution in [1.82, 2.24) is 14.9 Å². The molecule has 2 aliphatic heterocycles. The first-order valence-corrected chi connectivity index (χ1v) is 8.77. The van der Waals surface area contributed by atoms with E-state index in [0.717, 1.165) is 43.9 Å². The summed E-state index contributed by atoms with van der Waals surface area (Å²) < 4.78 is 0. The predicted molar refractivity (Wildman–Crippen MR) is 91.4 cm³/mol. The Labute approximate surface area is 134 Å². The van der Waals surface area contributed by atoms with Crippen LogP contribution >= 0.6 is 0 Å². The summed E-state index contributed by atoms with van der Waals surface area (Å²) >= 11 is 0. The molecular weight excluding hydrogens is 274 g/mol. The maximum absolute atomic E-state index is 4.73. The van der Waals surface area contributed by atoms with Crippen molar-refractivity contribution in [3.63, 3.8) is 0 Å². The number of hydrogen-bond donors (Lipinski definition) is 1. The van der Waals surface area contributed by atoms with E-state index >= 15 is 0 Å². The van der Waals surface area contributed by atoms with Crippen molar-refractivity contribution >= 4 is 11.8 Å². The van der Waals surface area contributed by atoms with Crippen LogP contribution in [0.25, 0.3) is 0 Å². The normalized spacial score (nSPS) is 20.8. The van der Waals surface area contributed by atoms with Crippen molar-refractivity contribution in [2.45, 2.75) is 45.6 Å². The van der Waals surface area contributed by atoms with Gasteiger partial charge in [-0.15, -0.1) is 0 Å². The maximum Gasteiger partial charge on any atom is 0.224 e. The molecule has 0 radical (unpaired) electrons. The Kier molecular flexibility index (Phi) is 5.13. The number of nitrogens with zero attached hydrogens (tertiary/aromatic N) is 4. The van der Waals surface area contributed by atoms with E-state index in [-0.39, 0.29) is 0 Å². The Morgan fingerprint density at radius 2 is 1.91 bits per heavy atom. The van der Waals surface area contributed by atoms with E-state index < -0.39 is 0 Å². The van der Waals surface area contributed by atoms with Gasteiger partial charge < -0.3 is 10.2 Å². The lowest BCUT2D eigenvalue weighted by Gasteiger charge is -2.40. The molecule has 0 unspecified atom stereocenters. The van der Waals surface area contributed by atoms with Crippen LogP contribution in [0.15, 0.2) is 12.3 Å². The molecule has 0 amide bonds. The third kappa shape index (κ3) is 4.09. The van der Waals surface area contributed by atoms with E-state index in [0.29, 0.717) is 6.04 Å². The minimum absolute atomic E-state index is 0.498. The maximum atomic E-state index is 4.73. The topological polar surface area (TPSA) is 44.3 Å². The minimum Gasteiger partial charge on any atom is -0.356 e. The molecule has 1 aromatic rings. The molecule has 0 aliphatic carbocycles. The highest BCUT2D eigenvalue weighted by molar-refractivity contribution is 5.43. The van der Waals surface area contributed by atoms with Gasteiger partial charge in [-0.05, 0) is 24.8 Å². The third-order valence-corrected chi connectivity index (χ3v) is 4.48. The molecule has 1 aromatic heterocycles. The first-order chi connectivity index (χ1) is 10.7. The highest BCUT2D eigenvalue weighted by Crippen LogP contribution is 2.19. The summed E-state index contributed by atoms with van der Waals surface area (Å²) in [5.74, 6) is 2.61. The Morgan fingerprint density at radius 1 is 1.18 bits per heavy atom. The average Bonchev–Trinajstić information content (AvgIpc) is 2.74. The van der Waals surface area contributed by atoms with Gasteiger partial charge in [-0.2, -0.15) is 4.98 Å². The predicted octanol–water partition coefficient (Wildman–Crippen LogP) is 2.61. The van der Waals surface area contributed by atoms with Crippen molar-refractivity contribution < 1.29 is 0 Å². The van der Waals surface area contributed by atoms with Crippen LogP contribution in [0.3, 0.4) is 0 Å². The molecule has 0 spiro atoms. The van der Waals surface area contributed by atoms with Crippen molar-refractivity contribution in [3.8, 4) is 0 Å². The van der Waals surface area contributed by atoms with Crippen LogP contribution in [0.2, 0.25) is 0 Å². The van der Waals surface area contributed by atoms with Gasteiger partial charge in [-0.1, -0.05) is 26.7 Å². The van der Waals surface area contributed by atoms with Gasteiger partial charge in [-0.25, -0.2) is 4.98 Å². The van der Waals surface area contributed by atoms with Gasteiger partial charge in [-0.3, -0.25) is 4.90 Å². The third-order valence-electron chi connectivity index (χ3n) is 4.48. The van der Waals surface area contributed by atoms with Crippen LogP contribution in [0.4, 0.5) is 11.8 Å². The zero-order chi connectivity index (χ0) is 15.4. The lowest BCUT2D eigenvalue weighted by Crippen LogP contribution is -2.55. The van der Waals surface area contributed by atoms with E-state index in [1.807, 2.05) is 12.3 Å². The van der Waals surface area contributed by atoms with Gasteiger partial charge in [0, 0.05) is 38.9 Å². The largest absolute Gasteiger partial charge is 0.356 e. The lowest BCUT2D eigenvalue weighted by molar-refractivity contribution is 0.143. The summed E-state index contributed by atoms with van der Waals surface area (Å²) in [5.41, 5.74) is 0. The second-order valence-corrected chi connectivity index (χ2v) is 7.09. The smallest absolute Gasteiger partial charge is 0.224 e. The van der Waals surface area contributed by atoms with E-state index in [9.17, 15) is 0 Å². The average molecular weight is 303 g/mol. The lowest BCUT2D eigenvalue weighted by atomic mass is 10.1. The Balaban J connectivity index is 1.53. The number of nitrogens with one attached hydrogen (secondary N) is 1. The molecule has 0 bridgehead atoms. The fourth-order valence-corrected chi connectivity index (χ4v) is 3.40. The highest BCUT2D eigenvalue weighted by Gasteiger charge is 2.27. The number of aromatic nitrogens is 2. The molecule has 3 heterocycles. The van der Waals surface area contributed by atoms with Crippen LogP contribution in [0, 0.1) is 5.92 Å². The summed E-state index contributed by atoms with van der Waals surface area (Å²) in [6.45, 7) is 10.2. The molecule has 2 saturated heterocycles. The second kappa shape index (κ2) is 7.27. The summed E-state index contributed by atoms with van der Waals surface area (Å²) in [5, 5.41) is 3.49. The molecule has 0 aromatic carbocycles. The monoisotopic (exact) mass is 303 g/mol. The highest BCUT2D eigenvalue weighted by atomic mass is 15.3. The second-order valence-electron chi connectivity index (χ2n) is 7.09. The van der Waals surface area contributed by atoms with Gasteiger partial charge in [0.05, 0.1) is 6.04 Å². The summed E-state index contributed by atoms with van der Waals surface area (Å²) in [6, 6.07) is 2.54. The van der Waals surface area contributed by atoms with Crippen LogP contribution in [-0.2, 0) is 0 Å². The number of hydrogen-bond acceptors (Lipinski definition) is 5. The molecule has 0 atom stereocenters. The van der Waals surface area contributed by atoms with Crippen LogP contribution in [-0.4, -0.2) is 53.6 Å². The fraction of sp³-hybridized carbons (Fsp3) is 0.765. The molecule has 2 fully saturated rings. The van der Waals surface area contributed by atoms with E-state index in [4.69, 9.17) is 4.98 Å². The minimum atomic E-state index is 0.498. The van der Waals surface area contributed by atoms with E-state index in [1.165, 1.54) is 32.2 Å². The van der Waals surface area contributed by atoms with Gasteiger partial charge in [0.15, 0.2) is 0 Å². The molecule has 5 heteroatoms. The zero-order valence-corrected chi connectivity index (χ0v) is 14.0. The number of anilines is 2. The van der Waals surface area contributed by atoms with Gasteiger partial charge in [0.1, 0.15) is 5.82 Å². The molecule has 2 aliphatic rings. The van der Waals surface area contributed by atoms with Gasteiger partial charge in [0.2, 0.25) is 5.95 Å². The van der Waals surface area contributed by atoms with Crippen LogP contribution in [0.5, 0.6) is 0 Å². The standard InChI is InChI=1S/C17H29N5/c1-14(2)11-21-12-15(13-21)19-17-18-8-7-16(20-17)22-9-5-3-4-6-10-22/h7-8,14-15H,3-6,9-13H2,1-2H3,(H,18,19,20). The SMILES string of the molecule is CC(C)CN1CC(Nc2nccc(N3CCCCCC3)n2)C1. The molecule has 122 valence electrons. The molecule has 22 heavy (non-hydrogen) atoms. The summed E-state index contributed by atoms with van der Waals surface area (Å²) in [6.07, 6.45) is 7.14. The Bertz CT molecular complexity index is 462. The summed E-state index contributed by atoms with van der Waals surface area (Å²) in [4.78, 5) is 14.0. The molecule has 0 saturated carbocycles. The van der Waals surface area contributed by atoms with Crippen LogP contribution in [0.1, 0.15) is 39.5 Å². The van der Waals surface area contributed by atoms with Crippen molar-refractivity contribution in [2.24, 2.45) is 5.92 Å². The molecule has 5 nitrogen and oxygen atoms in total. The van der Waals surface area contributed by atoms with Crippen molar-refractivity contribution in [3.05, 3.63) is 12.3 Å². The van der Waals surface area contributed by atoms with Crippen molar-refractivity contribution in [2.75, 3.05) is 42.9 Å². The number of likely N-dealkylation sites (tertiary alicyclic amines) is 1. The quantitative estimate of drug-likeness (QED) is 0.906. The first-order valence-electron chi connectivity index (χ1n) is 8.77. The van der Waals surface area contributed by atoms with Crippen molar-refractivity contribution in [1.29, 1.82) is 0 Å². The zero-order valence-electron chi connectivity index (χ0n) is 14.0. The Hall–Kier alpha value is -1.36. The molecule has 1 N–H and O–H groups in total. The fourth-order valence-electron chi connectivity index (χ4n) is 3.40. The first kappa shape index (κ1) is 15.5. The molecular formula is C17H29N5. The van der Waals surface area contributed by atoms with Gasteiger partial charge >= 0.3 is 0 Å². The van der Waals surface area contributed by atoms with Gasteiger partial charge in [0.25, 0.3) is 0 Å². The van der Waals surface area contributed by atoms with Crippen LogP contribution < -0.4 is 10.2 Å². The van der Waals surface area contributed by atoms with E-state index in [1.54, 1.807) is 0 Å². The van der Waals surface area contributed by atoms with E-state index in [2.05, 4.69) is 33.9 Å². The molecule has 3 rings (SSSR count). The Morgan fingerprint density at radius 3 is 2.59 bits per heavy atom. The summed E-state index contributed by atoms with van der Waals surface area (Å²) in [7, 11) is 0.